The molecule has 47 heavy (non-hydrogen) atoms. The van der Waals surface area contributed by atoms with Crippen LogP contribution in [0.5, 0.6) is 0 Å². The lowest BCUT2D eigenvalue weighted by Gasteiger charge is -2.12. The zero-order valence-electron chi connectivity index (χ0n) is 26.4. The lowest BCUT2D eigenvalue weighted by Crippen LogP contribution is -2.12. The number of pyridine rings is 1. The number of imidazole rings is 1. The Bertz CT molecular complexity index is 2030. The molecule has 0 bridgehead atoms. The van der Waals surface area contributed by atoms with Gasteiger partial charge in [-0.2, -0.15) is 0 Å². The molecule has 0 radical (unpaired) electrons. The van der Waals surface area contributed by atoms with Gasteiger partial charge in [0, 0.05) is 59.5 Å². The molecular formula is C36H33FN8OS. The van der Waals surface area contributed by atoms with Gasteiger partial charge in [0.25, 0.3) is 0 Å². The first-order valence-electron chi connectivity index (χ1n) is 14.9. The molecule has 3 aromatic carbocycles. The first-order valence-corrected chi connectivity index (χ1v) is 16.1. The maximum absolute atomic E-state index is 13.7. The quantitative estimate of drug-likeness (QED) is 0.121. The van der Waals surface area contributed by atoms with Gasteiger partial charge in [-0.25, -0.2) is 14.4 Å². The Morgan fingerprint density at radius 2 is 1.60 bits per heavy atom. The van der Waals surface area contributed by atoms with E-state index < -0.39 is 0 Å². The van der Waals surface area contributed by atoms with Gasteiger partial charge in [-0.1, -0.05) is 30.0 Å². The van der Waals surface area contributed by atoms with Gasteiger partial charge in [-0.05, 0) is 93.1 Å². The normalized spacial score (nSPS) is 12.8. The van der Waals surface area contributed by atoms with E-state index in [1.54, 1.807) is 30.1 Å². The van der Waals surface area contributed by atoms with E-state index in [1.807, 2.05) is 104 Å². The second kappa shape index (κ2) is 13.9. The first kappa shape index (κ1) is 31.6. The van der Waals surface area contributed by atoms with Crippen LogP contribution < -0.4 is 10.6 Å². The molecule has 11 heteroatoms. The lowest BCUT2D eigenvalue weighted by atomic mass is 10.1. The molecule has 0 unspecified atom stereocenters. The number of anilines is 3. The van der Waals surface area contributed by atoms with Crippen molar-refractivity contribution >= 4 is 58.4 Å². The lowest BCUT2D eigenvalue weighted by molar-refractivity contribution is -0.111. The molecule has 1 aliphatic heterocycles. The Labute approximate surface area is 277 Å². The SMILES string of the molecule is CSc1nc(-c2ccc(F)cc2)c(-c2ccnc(Nc3ccc4c(c3)/C=C\c3cc(NC(=O)/C=C\CN(C)C)ccc3N=N4)c2)n1C. The van der Waals surface area contributed by atoms with Crippen molar-refractivity contribution in [3.05, 3.63) is 108 Å². The third-order valence-electron chi connectivity index (χ3n) is 7.43. The summed E-state index contributed by atoms with van der Waals surface area (Å²) in [5.41, 5.74) is 8.07. The molecule has 1 aliphatic rings. The molecule has 0 spiro atoms. The molecule has 0 saturated heterocycles. The van der Waals surface area contributed by atoms with E-state index in [4.69, 9.17) is 4.98 Å². The summed E-state index contributed by atoms with van der Waals surface area (Å²) in [7, 11) is 5.87. The average molecular weight is 645 g/mol. The standard InChI is InChI=1S/C36H33FN8OS/c1-44(2)19-5-6-33(46)40-29-14-16-31-25(21-29)8-7-24-20-28(13-15-30(24)42-43-31)39-32-22-26(17-18-38-32)35-34(41-36(47-4)45(35)3)23-9-11-27(37)12-10-23/h5-18,20-22H,19H2,1-4H3,(H,38,39)(H,40,46)/b6-5-,8-7-,24-7?,25-8?,42-30?,43-31?,43-42?. The van der Waals surface area contributed by atoms with Crippen LogP contribution in [0.2, 0.25) is 0 Å². The molecule has 236 valence electrons. The average Bonchev–Trinajstić information content (AvgIpc) is 3.39. The maximum Gasteiger partial charge on any atom is 0.248 e. The molecule has 0 atom stereocenters. The fourth-order valence-electron chi connectivity index (χ4n) is 5.15. The molecule has 0 fully saturated rings. The van der Waals surface area contributed by atoms with Crippen LogP contribution in [0.3, 0.4) is 0 Å². The highest BCUT2D eigenvalue weighted by molar-refractivity contribution is 7.98. The smallest absolute Gasteiger partial charge is 0.248 e. The fourth-order valence-corrected chi connectivity index (χ4v) is 5.70. The van der Waals surface area contributed by atoms with Gasteiger partial charge in [0.1, 0.15) is 11.6 Å². The Kier molecular flexibility index (Phi) is 9.37. The summed E-state index contributed by atoms with van der Waals surface area (Å²) in [4.78, 5) is 23.8. The van der Waals surface area contributed by atoms with Crippen LogP contribution >= 0.6 is 11.8 Å². The third kappa shape index (κ3) is 7.37. The summed E-state index contributed by atoms with van der Waals surface area (Å²) >= 11 is 1.55. The second-order valence-corrected chi connectivity index (χ2v) is 11.9. The number of halogens is 1. The van der Waals surface area contributed by atoms with Gasteiger partial charge in [-0.3, -0.25) is 4.79 Å². The summed E-state index contributed by atoms with van der Waals surface area (Å²) in [6.45, 7) is 0.681. The minimum atomic E-state index is -0.291. The van der Waals surface area contributed by atoms with Gasteiger partial charge in [0.15, 0.2) is 5.16 Å². The highest BCUT2D eigenvalue weighted by Gasteiger charge is 2.18. The Morgan fingerprint density at radius 1 is 0.915 bits per heavy atom. The van der Waals surface area contributed by atoms with Crippen LogP contribution in [0.4, 0.5) is 33.0 Å². The minimum Gasteiger partial charge on any atom is -0.340 e. The van der Waals surface area contributed by atoms with Gasteiger partial charge in [0.05, 0.1) is 22.8 Å². The van der Waals surface area contributed by atoms with Crippen molar-refractivity contribution in [2.45, 2.75) is 5.16 Å². The largest absolute Gasteiger partial charge is 0.340 e. The fraction of sp³-hybridized carbons (Fsp3) is 0.139. The van der Waals surface area contributed by atoms with Crippen LogP contribution in [-0.4, -0.2) is 52.2 Å². The highest BCUT2D eigenvalue weighted by Crippen LogP contribution is 2.37. The molecular weight excluding hydrogens is 612 g/mol. The van der Waals surface area contributed by atoms with Crippen molar-refractivity contribution < 1.29 is 9.18 Å². The summed E-state index contributed by atoms with van der Waals surface area (Å²) < 4.78 is 15.7. The summed E-state index contributed by atoms with van der Waals surface area (Å²) in [6.07, 6.45) is 11.0. The molecule has 2 aromatic heterocycles. The minimum absolute atomic E-state index is 0.193. The van der Waals surface area contributed by atoms with Gasteiger partial charge < -0.3 is 20.1 Å². The number of aromatic nitrogens is 3. The number of carbonyl (C=O) groups excluding carboxylic acids is 1. The van der Waals surface area contributed by atoms with Crippen molar-refractivity contribution in [3.8, 4) is 22.5 Å². The van der Waals surface area contributed by atoms with E-state index in [-0.39, 0.29) is 11.7 Å². The maximum atomic E-state index is 13.7. The highest BCUT2D eigenvalue weighted by atomic mass is 32.2. The van der Waals surface area contributed by atoms with Crippen molar-refractivity contribution in [2.75, 3.05) is 37.5 Å². The van der Waals surface area contributed by atoms with Crippen molar-refractivity contribution in [2.24, 2.45) is 17.3 Å². The van der Waals surface area contributed by atoms with E-state index in [2.05, 4.69) is 25.8 Å². The number of nitrogens with one attached hydrogen (secondary N) is 2. The number of benzene rings is 3. The Morgan fingerprint density at radius 3 is 2.28 bits per heavy atom. The summed E-state index contributed by atoms with van der Waals surface area (Å²) in [5, 5.41) is 16.1. The molecule has 3 heterocycles. The predicted molar refractivity (Wildman–Crippen MR) is 189 cm³/mol. The Balaban J connectivity index is 1.24. The monoisotopic (exact) mass is 644 g/mol. The van der Waals surface area contributed by atoms with E-state index in [0.717, 1.165) is 50.2 Å². The van der Waals surface area contributed by atoms with Crippen molar-refractivity contribution in [1.29, 1.82) is 0 Å². The van der Waals surface area contributed by atoms with Crippen LogP contribution in [0.1, 0.15) is 11.1 Å². The van der Waals surface area contributed by atoms with E-state index in [1.165, 1.54) is 18.2 Å². The number of rotatable bonds is 9. The number of fused-ring (bicyclic) bond motifs is 2. The molecule has 0 saturated carbocycles. The predicted octanol–water partition coefficient (Wildman–Crippen LogP) is 8.71. The number of hydrogen-bond donors (Lipinski definition) is 2. The topological polar surface area (TPSA) is 99.8 Å². The second-order valence-electron chi connectivity index (χ2n) is 11.2. The van der Waals surface area contributed by atoms with Gasteiger partial charge >= 0.3 is 0 Å². The molecule has 5 aromatic rings. The number of thioether (sulfide) groups is 1. The molecule has 2 N–H and O–H groups in total. The number of azo groups is 1. The zero-order valence-corrected chi connectivity index (χ0v) is 27.2. The number of hydrogen-bond acceptors (Lipinski definition) is 8. The molecule has 0 aliphatic carbocycles. The molecule has 1 amide bonds. The third-order valence-corrected chi connectivity index (χ3v) is 8.16. The summed E-state index contributed by atoms with van der Waals surface area (Å²) in [5.74, 6) is 0.171. The number of amides is 1. The number of likely N-dealkylation sites (N-methyl/N-ethyl adjacent to an activating group) is 1. The zero-order chi connectivity index (χ0) is 32.9. The van der Waals surface area contributed by atoms with Crippen LogP contribution in [0.25, 0.3) is 34.7 Å². The first-order chi connectivity index (χ1) is 22.8. The van der Waals surface area contributed by atoms with Crippen LogP contribution in [-0.2, 0) is 11.8 Å². The van der Waals surface area contributed by atoms with Crippen LogP contribution in [0.15, 0.2) is 107 Å². The number of carbonyl (C=O) groups is 1. The van der Waals surface area contributed by atoms with Gasteiger partial charge in [0.2, 0.25) is 5.91 Å². The van der Waals surface area contributed by atoms with E-state index in [0.29, 0.717) is 23.7 Å². The molecule has 6 rings (SSSR count). The van der Waals surface area contributed by atoms with Crippen molar-refractivity contribution in [3.63, 3.8) is 0 Å². The number of nitrogens with zero attached hydrogens (tertiary/aromatic N) is 6. The van der Waals surface area contributed by atoms with Crippen molar-refractivity contribution in [1.82, 2.24) is 19.4 Å². The molecule has 9 nitrogen and oxygen atoms in total. The van der Waals surface area contributed by atoms with E-state index in [9.17, 15) is 9.18 Å². The summed E-state index contributed by atoms with van der Waals surface area (Å²) in [6, 6.07) is 21.7. The van der Waals surface area contributed by atoms with E-state index >= 15 is 0 Å². The van der Waals surface area contributed by atoms with Crippen LogP contribution in [0, 0.1) is 5.82 Å². The van der Waals surface area contributed by atoms with Gasteiger partial charge in [-0.15, -0.1) is 10.2 Å². The Hall–Kier alpha value is -5.39.